The third-order valence-corrected chi connectivity index (χ3v) is 3.20. The van der Waals surface area contributed by atoms with Crippen LogP contribution in [0.1, 0.15) is 12.5 Å². The zero-order valence-corrected chi connectivity index (χ0v) is 10.9. The predicted octanol–water partition coefficient (Wildman–Crippen LogP) is 3.36. The average molecular weight is 276 g/mol. The molecular weight excluding hydrogens is 261 g/mol. The normalized spacial score (nSPS) is 11.6. The van der Waals surface area contributed by atoms with Gasteiger partial charge >= 0.3 is 6.18 Å². The highest BCUT2D eigenvalue weighted by Crippen LogP contribution is 2.29. The van der Waals surface area contributed by atoms with E-state index in [4.69, 9.17) is 0 Å². The second-order valence-electron chi connectivity index (χ2n) is 3.70. The summed E-state index contributed by atoms with van der Waals surface area (Å²) in [5.74, 6) is 0.644. The van der Waals surface area contributed by atoms with Gasteiger partial charge in [-0.3, -0.25) is 0 Å². The predicted molar refractivity (Wildman–Crippen MR) is 67.6 cm³/mol. The highest BCUT2D eigenvalue weighted by atomic mass is 32.2. The molecule has 18 heavy (non-hydrogen) atoms. The van der Waals surface area contributed by atoms with E-state index in [-0.39, 0.29) is 0 Å². The highest BCUT2D eigenvalue weighted by Gasteiger charge is 2.30. The van der Waals surface area contributed by atoms with Crippen molar-refractivity contribution in [2.75, 3.05) is 18.8 Å². The Morgan fingerprint density at radius 3 is 2.67 bits per heavy atom. The first-order valence-corrected chi connectivity index (χ1v) is 6.45. The molecule has 0 radical (unpaired) electrons. The summed E-state index contributed by atoms with van der Waals surface area (Å²) in [6.07, 6.45) is -3.47. The third-order valence-electron chi connectivity index (χ3n) is 2.11. The van der Waals surface area contributed by atoms with Crippen molar-refractivity contribution in [3.05, 3.63) is 36.0 Å². The summed E-state index contributed by atoms with van der Waals surface area (Å²) in [6.45, 7) is 7.45. The van der Waals surface area contributed by atoms with Crippen LogP contribution in [-0.2, 0) is 6.18 Å². The molecule has 100 valence electrons. The minimum absolute atomic E-state index is 0.570. The van der Waals surface area contributed by atoms with E-state index in [0.717, 1.165) is 24.4 Å². The first-order valence-electron chi connectivity index (χ1n) is 5.47. The molecule has 0 aliphatic rings. The van der Waals surface area contributed by atoms with Crippen LogP contribution in [0.3, 0.4) is 0 Å². The molecule has 0 aromatic carbocycles. The first kappa shape index (κ1) is 15.0. The molecule has 2 nitrogen and oxygen atoms in total. The van der Waals surface area contributed by atoms with Gasteiger partial charge in [0.05, 0.1) is 10.6 Å². The molecule has 1 aromatic rings. The van der Waals surface area contributed by atoms with E-state index < -0.39 is 11.7 Å². The van der Waals surface area contributed by atoms with E-state index in [1.807, 2.05) is 6.92 Å². The van der Waals surface area contributed by atoms with Gasteiger partial charge in [-0.15, -0.1) is 11.8 Å². The van der Waals surface area contributed by atoms with E-state index >= 15 is 0 Å². The molecule has 0 aliphatic heterocycles. The van der Waals surface area contributed by atoms with E-state index in [1.54, 1.807) is 0 Å². The van der Waals surface area contributed by atoms with Gasteiger partial charge in [-0.25, -0.2) is 4.98 Å². The number of alkyl halides is 3. The Morgan fingerprint density at radius 2 is 2.17 bits per heavy atom. The zero-order valence-electron chi connectivity index (χ0n) is 10.0. The molecule has 6 heteroatoms. The Bertz CT molecular complexity index is 387. The number of nitrogens with zero attached hydrogens (tertiary/aromatic N) is 1. The summed E-state index contributed by atoms with van der Waals surface area (Å²) in [5.41, 5.74) is 0.266. The topological polar surface area (TPSA) is 24.9 Å². The summed E-state index contributed by atoms with van der Waals surface area (Å²) < 4.78 is 36.9. The van der Waals surface area contributed by atoms with Crippen molar-refractivity contribution in [2.24, 2.45) is 0 Å². The van der Waals surface area contributed by atoms with Crippen LogP contribution in [0.2, 0.25) is 0 Å². The lowest BCUT2D eigenvalue weighted by Gasteiger charge is -2.08. The summed E-state index contributed by atoms with van der Waals surface area (Å²) in [7, 11) is 0. The molecule has 0 saturated carbocycles. The fourth-order valence-electron chi connectivity index (χ4n) is 1.16. The van der Waals surface area contributed by atoms with Gasteiger partial charge in [-0.1, -0.05) is 19.1 Å². The Labute approximate surface area is 109 Å². The van der Waals surface area contributed by atoms with Gasteiger partial charge in [0.2, 0.25) is 0 Å². The summed E-state index contributed by atoms with van der Waals surface area (Å²) in [6, 6.07) is 2.43. The van der Waals surface area contributed by atoms with E-state index in [2.05, 4.69) is 16.9 Å². The molecule has 1 aromatic heterocycles. The highest BCUT2D eigenvalue weighted by molar-refractivity contribution is 7.99. The number of rotatable bonds is 6. The van der Waals surface area contributed by atoms with E-state index in [0.29, 0.717) is 17.3 Å². The smallest absolute Gasteiger partial charge is 0.313 e. The van der Waals surface area contributed by atoms with Crippen LogP contribution in [0.25, 0.3) is 0 Å². The SMILES string of the molecule is C=C(CNCC)CSc1ccc(C(F)(F)F)cn1. The number of nitrogens with one attached hydrogen (secondary N) is 1. The molecule has 1 rings (SSSR count). The lowest BCUT2D eigenvalue weighted by molar-refractivity contribution is -0.137. The molecular formula is C12H15F3N2S. The van der Waals surface area contributed by atoms with Gasteiger partial charge in [0.15, 0.2) is 0 Å². The lowest BCUT2D eigenvalue weighted by Crippen LogP contribution is -2.16. The standard InChI is InChI=1S/C12H15F3N2S/c1-3-16-6-9(2)8-18-11-5-4-10(7-17-11)12(13,14)15/h4-5,7,16H,2-3,6,8H2,1H3. The zero-order chi connectivity index (χ0) is 13.6. The van der Waals surface area contributed by atoms with Crippen molar-refractivity contribution < 1.29 is 13.2 Å². The first-order chi connectivity index (χ1) is 8.43. The molecule has 0 bridgehead atoms. The summed E-state index contributed by atoms with van der Waals surface area (Å²) in [4.78, 5) is 3.78. The van der Waals surface area contributed by atoms with Gasteiger partial charge in [0.25, 0.3) is 0 Å². The second kappa shape index (κ2) is 6.80. The monoisotopic (exact) mass is 276 g/mol. The van der Waals surface area contributed by atoms with Gasteiger partial charge < -0.3 is 5.32 Å². The fraction of sp³-hybridized carbons (Fsp3) is 0.417. The second-order valence-corrected chi connectivity index (χ2v) is 4.70. The number of hydrogen-bond donors (Lipinski definition) is 1. The molecule has 0 saturated heterocycles. The van der Waals surface area contributed by atoms with Crippen LogP contribution in [0.5, 0.6) is 0 Å². The van der Waals surface area contributed by atoms with Crippen LogP contribution >= 0.6 is 11.8 Å². The van der Waals surface area contributed by atoms with Crippen molar-refractivity contribution in [3.8, 4) is 0 Å². The number of pyridine rings is 1. The molecule has 1 N–H and O–H groups in total. The van der Waals surface area contributed by atoms with Crippen LogP contribution in [0, 0.1) is 0 Å². The Kier molecular flexibility index (Phi) is 5.68. The minimum atomic E-state index is -4.33. The van der Waals surface area contributed by atoms with E-state index in [9.17, 15) is 13.2 Å². The quantitative estimate of drug-likeness (QED) is 0.637. The van der Waals surface area contributed by atoms with Gasteiger partial charge in [-0.05, 0) is 18.7 Å². The van der Waals surface area contributed by atoms with Gasteiger partial charge in [0.1, 0.15) is 0 Å². The molecule has 0 spiro atoms. The minimum Gasteiger partial charge on any atom is -0.313 e. The maximum atomic E-state index is 12.3. The largest absolute Gasteiger partial charge is 0.417 e. The Balaban J connectivity index is 2.47. The van der Waals surface area contributed by atoms with Crippen molar-refractivity contribution in [2.45, 2.75) is 18.1 Å². The van der Waals surface area contributed by atoms with Crippen LogP contribution in [0.4, 0.5) is 13.2 Å². The fourth-order valence-corrected chi connectivity index (χ4v) is 1.91. The van der Waals surface area contributed by atoms with Crippen LogP contribution in [-0.4, -0.2) is 23.8 Å². The Hall–Kier alpha value is -1.01. The van der Waals surface area contributed by atoms with Crippen LogP contribution < -0.4 is 5.32 Å². The molecule has 0 unspecified atom stereocenters. The van der Waals surface area contributed by atoms with Crippen molar-refractivity contribution in [3.63, 3.8) is 0 Å². The number of thioether (sulfide) groups is 1. The number of aromatic nitrogens is 1. The van der Waals surface area contributed by atoms with Gasteiger partial charge in [0, 0.05) is 18.5 Å². The van der Waals surface area contributed by atoms with Crippen molar-refractivity contribution >= 4 is 11.8 Å². The maximum absolute atomic E-state index is 12.3. The summed E-state index contributed by atoms with van der Waals surface area (Å²) >= 11 is 1.38. The number of halogens is 3. The average Bonchev–Trinajstić information content (AvgIpc) is 2.33. The summed E-state index contributed by atoms with van der Waals surface area (Å²) in [5, 5.41) is 3.70. The third kappa shape index (κ3) is 5.10. The molecule has 0 aliphatic carbocycles. The number of hydrogen-bond acceptors (Lipinski definition) is 3. The maximum Gasteiger partial charge on any atom is 0.417 e. The van der Waals surface area contributed by atoms with Crippen LogP contribution in [0.15, 0.2) is 35.5 Å². The number of likely N-dealkylation sites (N-methyl/N-ethyl adjacent to an activating group) is 1. The van der Waals surface area contributed by atoms with Crippen molar-refractivity contribution in [1.82, 2.24) is 10.3 Å². The van der Waals surface area contributed by atoms with E-state index in [1.165, 1.54) is 17.8 Å². The molecule has 1 heterocycles. The lowest BCUT2D eigenvalue weighted by atomic mass is 10.3. The molecule has 0 atom stereocenters. The van der Waals surface area contributed by atoms with Gasteiger partial charge in [-0.2, -0.15) is 13.2 Å². The molecule has 0 fully saturated rings. The Morgan fingerprint density at radius 1 is 1.44 bits per heavy atom. The van der Waals surface area contributed by atoms with Crippen molar-refractivity contribution in [1.29, 1.82) is 0 Å². The molecule has 0 amide bonds.